The first-order valence-corrected chi connectivity index (χ1v) is 9.80. The van der Waals surface area contributed by atoms with Crippen LogP contribution in [-0.2, 0) is 6.42 Å². The number of hydrogen-bond donors (Lipinski definition) is 4. The molecule has 0 saturated carbocycles. The van der Waals surface area contributed by atoms with Gasteiger partial charge in [-0.15, -0.1) is 11.3 Å². The monoisotopic (exact) mass is 370 g/mol. The third kappa shape index (κ3) is 3.59. The van der Waals surface area contributed by atoms with Crippen LogP contribution in [0.25, 0.3) is 11.0 Å². The molecule has 3 heterocycles. The molecule has 1 aliphatic rings. The molecular weight excluding hydrogens is 348 g/mol. The smallest absolute Gasteiger partial charge is 0.253 e. The van der Waals surface area contributed by atoms with Gasteiger partial charge in [0.15, 0.2) is 0 Å². The van der Waals surface area contributed by atoms with Gasteiger partial charge in [-0.3, -0.25) is 4.79 Å². The molecule has 1 aromatic carbocycles. The van der Waals surface area contributed by atoms with Crippen molar-refractivity contribution in [2.75, 3.05) is 19.6 Å². The van der Waals surface area contributed by atoms with Crippen molar-refractivity contribution in [3.8, 4) is 5.75 Å². The van der Waals surface area contributed by atoms with Crippen LogP contribution in [0.15, 0.2) is 29.6 Å². The standard InChI is InChI=1S/C19H22N4O2S/c24-15-6-5-14(19(25)21-11-12-3-1-7-20-10-12)17-18(15)23-16(22-17)9-13-4-2-8-26-13/h2,4-6,8,12,20,24H,1,3,7,9-11H2,(H,21,25)(H,22,23)/t12-/m1/s1. The highest BCUT2D eigenvalue weighted by molar-refractivity contribution is 7.09. The fraction of sp³-hybridized carbons (Fsp3) is 0.368. The van der Waals surface area contributed by atoms with Gasteiger partial charge in [0.05, 0.1) is 5.56 Å². The molecule has 0 aliphatic carbocycles. The summed E-state index contributed by atoms with van der Waals surface area (Å²) in [5, 5.41) is 18.5. The highest BCUT2D eigenvalue weighted by atomic mass is 32.1. The lowest BCUT2D eigenvalue weighted by molar-refractivity contribution is 0.0946. The first kappa shape index (κ1) is 17.1. The minimum atomic E-state index is -0.144. The van der Waals surface area contributed by atoms with E-state index in [1.807, 2.05) is 17.5 Å². The largest absolute Gasteiger partial charge is 0.506 e. The first-order chi connectivity index (χ1) is 12.7. The van der Waals surface area contributed by atoms with Crippen LogP contribution in [0.4, 0.5) is 0 Å². The van der Waals surface area contributed by atoms with Crippen molar-refractivity contribution in [1.29, 1.82) is 0 Å². The van der Waals surface area contributed by atoms with E-state index in [1.54, 1.807) is 23.5 Å². The number of benzene rings is 1. The number of thiophene rings is 1. The predicted molar refractivity (Wildman–Crippen MR) is 103 cm³/mol. The molecule has 0 bridgehead atoms. The molecule has 1 aliphatic heterocycles. The molecule has 6 nitrogen and oxygen atoms in total. The number of imidazole rings is 1. The summed E-state index contributed by atoms with van der Waals surface area (Å²) in [7, 11) is 0. The van der Waals surface area contributed by atoms with Crippen molar-refractivity contribution in [1.82, 2.24) is 20.6 Å². The maximum absolute atomic E-state index is 12.7. The van der Waals surface area contributed by atoms with Gasteiger partial charge in [-0.2, -0.15) is 0 Å². The molecule has 1 amide bonds. The molecule has 1 atom stereocenters. The van der Waals surface area contributed by atoms with Gasteiger partial charge in [-0.1, -0.05) is 6.07 Å². The van der Waals surface area contributed by atoms with Crippen molar-refractivity contribution in [2.24, 2.45) is 5.92 Å². The third-order valence-electron chi connectivity index (χ3n) is 4.79. The number of amides is 1. The second-order valence-corrected chi connectivity index (χ2v) is 7.75. The van der Waals surface area contributed by atoms with Gasteiger partial charge in [0.25, 0.3) is 5.91 Å². The van der Waals surface area contributed by atoms with Gasteiger partial charge < -0.3 is 20.7 Å². The molecule has 26 heavy (non-hydrogen) atoms. The normalized spacial score (nSPS) is 17.5. The van der Waals surface area contributed by atoms with Crippen LogP contribution in [0, 0.1) is 5.92 Å². The number of phenols is 1. The van der Waals surface area contributed by atoms with Crippen molar-refractivity contribution in [2.45, 2.75) is 19.3 Å². The zero-order valence-corrected chi connectivity index (χ0v) is 15.2. The van der Waals surface area contributed by atoms with Gasteiger partial charge in [0, 0.05) is 17.8 Å². The van der Waals surface area contributed by atoms with Crippen LogP contribution in [0.5, 0.6) is 5.75 Å². The van der Waals surface area contributed by atoms with Crippen LogP contribution in [-0.4, -0.2) is 40.6 Å². The van der Waals surface area contributed by atoms with Crippen LogP contribution < -0.4 is 10.6 Å². The Kier molecular flexibility index (Phi) is 4.90. The number of aromatic hydroxyl groups is 1. The van der Waals surface area contributed by atoms with Gasteiger partial charge in [0.1, 0.15) is 22.6 Å². The van der Waals surface area contributed by atoms with E-state index in [0.29, 0.717) is 35.5 Å². The minimum Gasteiger partial charge on any atom is -0.506 e. The Morgan fingerprint density at radius 3 is 3.08 bits per heavy atom. The Balaban J connectivity index is 1.54. The Bertz CT molecular complexity index is 898. The molecule has 0 unspecified atom stereocenters. The fourth-order valence-electron chi connectivity index (χ4n) is 3.40. The Hall–Kier alpha value is -2.38. The van der Waals surface area contributed by atoms with E-state index >= 15 is 0 Å². The number of fused-ring (bicyclic) bond motifs is 1. The molecule has 7 heteroatoms. The number of piperidine rings is 1. The summed E-state index contributed by atoms with van der Waals surface area (Å²) in [5.74, 6) is 1.18. The van der Waals surface area contributed by atoms with E-state index in [2.05, 4.69) is 20.6 Å². The SMILES string of the molecule is O=C(NC[C@@H]1CCCNC1)c1ccc(O)c2[nH]c(Cc3cccs3)nc12. The van der Waals surface area contributed by atoms with Crippen LogP contribution in [0.3, 0.4) is 0 Å². The summed E-state index contributed by atoms with van der Waals surface area (Å²) in [6.07, 6.45) is 2.93. The number of rotatable bonds is 5. The van der Waals surface area contributed by atoms with E-state index in [0.717, 1.165) is 31.8 Å². The molecule has 2 aromatic heterocycles. The molecule has 136 valence electrons. The summed E-state index contributed by atoms with van der Waals surface area (Å²) in [4.78, 5) is 21.6. The topological polar surface area (TPSA) is 90.0 Å². The molecule has 0 radical (unpaired) electrons. The summed E-state index contributed by atoms with van der Waals surface area (Å²) in [6.45, 7) is 2.66. The molecule has 1 fully saturated rings. The molecular formula is C19H22N4O2S. The van der Waals surface area contributed by atoms with Crippen molar-refractivity contribution < 1.29 is 9.90 Å². The minimum absolute atomic E-state index is 0.109. The first-order valence-electron chi connectivity index (χ1n) is 8.92. The van der Waals surface area contributed by atoms with Gasteiger partial charge in [-0.05, 0) is 55.4 Å². The van der Waals surface area contributed by atoms with Crippen LogP contribution in [0.1, 0.15) is 33.9 Å². The highest BCUT2D eigenvalue weighted by Gasteiger charge is 2.19. The average Bonchev–Trinajstić information content (AvgIpc) is 3.31. The maximum atomic E-state index is 12.7. The molecule has 1 saturated heterocycles. The zero-order valence-electron chi connectivity index (χ0n) is 14.4. The fourth-order valence-corrected chi connectivity index (χ4v) is 4.11. The van der Waals surface area contributed by atoms with Gasteiger partial charge in [-0.25, -0.2) is 4.98 Å². The second kappa shape index (κ2) is 7.47. The molecule has 4 N–H and O–H groups in total. The van der Waals surface area contributed by atoms with Gasteiger partial charge >= 0.3 is 0 Å². The maximum Gasteiger partial charge on any atom is 0.253 e. The highest BCUT2D eigenvalue weighted by Crippen LogP contribution is 2.27. The number of aromatic nitrogens is 2. The predicted octanol–water partition coefficient (Wildman–Crippen LogP) is 2.65. The number of phenolic OH excluding ortho intramolecular Hbond substituents is 1. The second-order valence-electron chi connectivity index (χ2n) is 6.72. The molecule has 0 spiro atoms. The zero-order chi connectivity index (χ0) is 17.9. The van der Waals surface area contributed by atoms with Crippen LogP contribution >= 0.6 is 11.3 Å². The van der Waals surface area contributed by atoms with E-state index < -0.39 is 0 Å². The molecule has 4 rings (SSSR count). The third-order valence-corrected chi connectivity index (χ3v) is 5.67. The summed E-state index contributed by atoms with van der Waals surface area (Å²) in [5.41, 5.74) is 1.54. The van der Waals surface area contributed by atoms with Crippen molar-refractivity contribution in [3.05, 3.63) is 45.9 Å². The van der Waals surface area contributed by atoms with E-state index in [-0.39, 0.29) is 11.7 Å². The van der Waals surface area contributed by atoms with Crippen molar-refractivity contribution in [3.63, 3.8) is 0 Å². The number of hydrogen-bond acceptors (Lipinski definition) is 5. The lowest BCUT2D eigenvalue weighted by Crippen LogP contribution is -2.38. The number of nitrogens with zero attached hydrogens (tertiary/aromatic N) is 1. The summed E-state index contributed by atoms with van der Waals surface area (Å²) < 4.78 is 0. The number of carbonyl (C=O) groups is 1. The Morgan fingerprint density at radius 1 is 1.38 bits per heavy atom. The van der Waals surface area contributed by atoms with E-state index in [1.165, 1.54) is 4.88 Å². The summed E-state index contributed by atoms with van der Waals surface area (Å²) >= 11 is 1.66. The van der Waals surface area contributed by atoms with E-state index in [4.69, 9.17) is 0 Å². The van der Waals surface area contributed by atoms with Crippen molar-refractivity contribution >= 4 is 28.3 Å². The number of carbonyl (C=O) groups excluding carboxylic acids is 1. The molecule has 3 aromatic rings. The number of aromatic amines is 1. The van der Waals surface area contributed by atoms with Gasteiger partial charge in [0.2, 0.25) is 0 Å². The lowest BCUT2D eigenvalue weighted by atomic mass is 9.99. The average molecular weight is 370 g/mol. The number of H-pyrrole nitrogens is 1. The quantitative estimate of drug-likeness (QED) is 0.556. The Morgan fingerprint density at radius 2 is 2.31 bits per heavy atom. The van der Waals surface area contributed by atoms with E-state index in [9.17, 15) is 9.90 Å². The number of nitrogens with one attached hydrogen (secondary N) is 3. The van der Waals surface area contributed by atoms with Crippen LogP contribution in [0.2, 0.25) is 0 Å². The summed E-state index contributed by atoms with van der Waals surface area (Å²) in [6, 6.07) is 7.23. The Labute approximate surface area is 155 Å². The lowest BCUT2D eigenvalue weighted by Gasteiger charge is -2.22.